The molecule has 2 fully saturated rings. The van der Waals surface area contributed by atoms with Gasteiger partial charge in [-0.25, -0.2) is 9.46 Å². The molecule has 2 aliphatic rings. The van der Waals surface area contributed by atoms with Crippen LogP contribution in [0.15, 0.2) is 17.1 Å². The van der Waals surface area contributed by atoms with Crippen LogP contribution in [-0.2, 0) is 60.7 Å². The van der Waals surface area contributed by atoms with Gasteiger partial charge in [0.2, 0.25) is 5.91 Å². The summed E-state index contributed by atoms with van der Waals surface area (Å²) in [6.45, 7) is 24.5. The zero-order chi connectivity index (χ0) is 50.0. The fourth-order valence-corrected chi connectivity index (χ4v) is 48.8. The average Bonchev–Trinajstić information content (AvgIpc) is 3.53. The second-order valence-electron chi connectivity index (χ2n) is 20.0. The number of nitrogens with one attached hydrogen (secondary N) is 1. The van der Waals surface area contributed by atoms with E-state index in [-0.39, 0.29) is 57.0 Å². The van der Waals surface area contributed by atoms with Crippen molar-refractivity contribution in [2.75, 3.05) is 45.5 Å². The molecule has 22 heteroatoms. The normalized spacial score (nSPS) is 21.3. The zero-order valence-corrected chi connectivity index (χ0v) is 47.0. The van der Waals surface area contributed by atoms with Crippen molar-refractivity contribution in [1.29, 1.82) is 0 Å². The Bertz CT molecular complexity index is 1660. The van der Waals surface area contributed by atoms with Crippen molar-refractivity contribution in [3.8, 4) is 0 Å². The van der Waals surface area contributed by atoms with Crippen LogP contribution in [-0.4, -0.2) is 138 Å². The summed E-state index contributed by atoms with van der Waals surface area (Å²) in [5, 5.41) is 2.57. The first-order chi connectivity index (χ1) is 31.5. The van der Waals surface area contributed by atoms with E-state index in [1.54, 1.807) is 7.11 Å². The van der Waals surface area contributed by atoms with Crippen LogP contribution in [0.3, 0.4) is 0 Å². The van der Waals surface area contributed by atoms with Crippen LogP contribution in [0, 0.1) is 0 Å². The van der Waals surface area contributed by atoms with Crippen molar-refractivity contribution in [3.63, 3.8) is 0 Å². The van der Waals surface area contributed by atoms with E-state index < -0.39 is 85.9 Å². The minimum atomic E-state index is -3.02. The van der Waals surface area contributed by atoms with E-state index in [1.807, 2.05) is 0 Å². The highest BCUT2D eigenvalue weighted by Gasteiger charge is 2.61. The van der Waals surface area contributed by atoms with E-state index in [2.05, 4.69) is 81.9 Å². The molecule has 0 aromatic carbocycles. The van der Waals surface area contributed by atoms with Crippen molar-refractivity contribution in [1.82, 2.24) is 14.2 Å². The highest BCUT2D eigenvalue weighted by Crippen LogP contribution is 2.50. The summed E-state index contributed by atoms with van der Waals surface area (Å²) in [5.74, 6) is -1.32. The largest absolute Gasteiger partial charge is 0.463 e. The molecular formula is C45H85N4O14PSi3. The Hall–Kier alpha value is -1.99. The van der Waals surface area contributed by atoms with Gasteiger partial charge < -0.3 is 51.6 Å². The van der Waals surface area contributed by atoms with Gasteiger partial charge in [0.25, 0.3) is 22.6 Å². The summed E-state index contributed by atoms with van der Waals surface area (Å²) < 4.78 is 68.0. The quantitative estimate of drug-likeness (QED) is 0.0323. The molecule has 1 aromatic rings. The van der Waals surface area contributed by atoms with Crippen LogP contribution in [0.1, 0.15) is 125 Å². The Morgan fingerprint density at radius 1 is 0.806 bits per heavy atom. The van der Waals surface area contributed by atoms with Gasteiger partial charge in [-0.05, 0) is 46.6 Å². The number of ether oxygens (including phenoxy) is 6. The lowest BCUT2D eigenvalue weighted by atomic mass is 10.00. The minimum absolute atomic E-state index is 0.00605. The highest BCUT2D eigenvalue weighted by molar-refractivity contribution is 7.64. The van der Waals surface area contributed by atoms with Crippen molar-refractivity contribution in [2.24, 2.45) is 0 Å². The topological polar surface area (TPSA) is 194 Å². The van der Waals surface area contributed by atoms with E-state index in [0.29, 0.717) is 0 Å². The van der Waals surface area contributed by atoms with Gasteiger partial charge in [-0.1, -0.05) is 97.1 Å². The first-order valence-corrected chi connectivity index (χ1v) is 36.2. The molecule has 5 atom stereocenters. The Labute approximate surface area is 404 Å². The molecular weight excluding hydrogens is 936 g/mol. The maximum absolute atomic E-state index is 14.0. The van der Waals surface area contributed by atoms with Crippen LogP contribution in [0.4, 0.5) is 5.82 Å². The number of nitrogens with zero attached hydrogens (tertiary/aromatic N) is 3. The third-order valence-electron chi connectivity index (χ3n) is 11.7. The summed E-state index contributed by atoms with van der Waals surface area (Å²) in [6.07, 6.45) is 10.4. The number of esters is 2. The van der Waals surface area contributed by atoms with Crippen molar-refractivity contribution >= 4 is 55.0 Å². The molecule has 3 rings (SSSR count). The smallest absolute Gasteiger partial charge is 0.351 e. The number of rotatable bonds is 25. The van der Waals surface area contributed by atoms with Gasteiger partial charge in [-0.3, -0.25) is 19.0 Å². The molecule has 1 saturated heterocycles. The van der Waals surface area contributed by atoms with Gasteiger partial charge in [0.05, 0.1) is 19.8 Å². The number of amides is 1. The van der Waals surface area contributed by atoms with Crippen LogP contribution < -0.4 is 11.0 Å². The molecule has 1 aromatic heterocycles. The molecule has 18 nitrogen and oxygen atoms in total. The fourth-order valence-electron chi connectivity index (χ4n) is 9.00. The van der Waals surface area contributed by atoms with Gasteiger partial charge in [0.15, 0.2) is 6.23 Å². The molecule has 1 aliphatic carbocycles. The lowest BCUT2D eigenvalue weighted by Gasteiger charge is -2.50. The summed E-state index contributed by atoms with van der Waals surface area (Å²) in [5.41, 5.74) is -0.730. The number of carbonyl (C=O) groups excluding carboxylic acids is 3. The van der Waals surface area contributed by atoms with Gasteiger partial charge in [-0.15, -0.1) is 0 Å². The number of anilines is 1. The predicted molar refractivity (Wildman–Crippen MR) is 266 cm³/mol. The summed E-state index contributed by atoms with van der Waals surface area (Å²) in [7, 11) is -7.66. The Balaban J connectivity index is 2.23. The fraction of sp³-hybridized carbons (Fsp3) is 0.844. The number of hydrogen-bond acceptors (Lipinski definition) is 16. The Morgan fingerprint density at radius 3 is 1.75 bits per heavy atom. The molecule has 0 bridgehead atoms. The van der Waals surface area contributed by atoms with Gasteiger partial charge in [0, 0.05) is 52.3 Å². The highest BCUT2D eigenvalue weighted by atomic mass is 31.2. The summed E-state index contributed by atoms with van der Waals surface area (Å²) in [6, 6.07) is 1.51. The van der Waals surface area contributed by atoms with Crippen LogP contribution >= 0.6 is 8.53 Å². The second kappa shape index (κ2) is 28.8. The lowest BCUT2D eigenvalue weighted by Crippen LogP contribution is -2.76. The van der Waals surface area contributed by atoms with E-state index >= 15 is 0 Å². The predicted octanol–water partition coefficient (Wildman–Crippen LogP) is 8.29. The van der Waals surface area contributed by atoms with Crippen molar-refractivity contribution < 1.29 is 60.7 Å². The molecule has 2 heterocycles. The SMILES string of the molecule is COP(O[C@H]1[C@@H](OC(OCCOC(C)=O)OCCOC(C)=O)[C@H](n2ccc(NC(C)=O)nc2=O)O[C@@H]1CO[Si](OC1CCCCCCCCCCC1)([Si](C)(C)C)[Si](C)(C)C)N(C(C)C)C(C)C. The molecule has 0 radical (unpaired) electrons. The van der Waals surface area contributed by atoms with Crippen molar-refractivity contribution in [3.05, 3.63) is 22.7 Å². The molecule has 1 N–H and O–H groups in total. The average molecular weight is 1020 g/mol. The molecule has 67 heavy (non-hydrogen) atoms. The minimum Gasteiger partial charge on any atom is -0.463 e. The summed E-state index contributed by atoms with van der Waals surface area (Å²) >= 11 is 0. The van der Waals surface area contributed by atoms with E-state index in [1.165, 1.54) is 82.5 Å². The molecule has 1 saturated carbocycles. The van der Waals surface area contributed by atoms with E-state index in [4.69, 9.17) is 46.3 Å². The third-order valence-corrected chi connectivity index (χ3v) is 45.8. The molecule has 386 valence electrons. The van der Waals surface area contributed by atoms with Crippen LogP contribution in [0.25, 0.3) is 0 Å². The monoisotopic (exact) mass is 1020 g/mol. The van der Waals surface area contributed by atoms with Gasteiger partial charge in [0.1, 0.15) is 52.5 Å². The second-order valence-corrected chi connectivity index (χ2v) is 46.8. The van der Waals surface area contributed by atoms with Gasteiger partial charge >= 0.3 is 17.6 Å². The Kier molecular flexibility index (Phi) is 25.5. The first kappa shape index (κ1) is 59.3. The number of hydrogen-bond donors (Lipinski definition) is 1. The number of aromatic nitrogens is 2. The molecule has 0 spiro atoms. The first-order valence-electron chi connectivity index (χ1n) is 24.3. The maximum atomic E-state index is 14.0. The standard InChI is InChI=1S/C45H85N4O14PSi3/c1-33(2)49(34(3)4)64(54-8)62-41-39(32-59-67(65(9,10)11,66(12,13)14)63-38-24-22-20-18-16-15-17-19-21-23-25-38)60-43(48-27-26-40(46-35(5)50)47-44(48)53)42(41)61-45(57-30-28-55-36(6)51)58-31-29-56-37(7)52/h26-27,33-34,38-39,41-43,45H,15-25,28-32H2,1-14H3,(H,46,47,50,53)/t39-,41-,42-,43-,64?/m1/s1. The third kappa shape index (κ3) is 18.9. The van der Waals surface area contributed by atoms with Crippen LogP contribution in [0.5, 0.6) is 0 Å². The summed E-state index contributed by atoms with van der Waals surface area (Å²) in [4.78, 5) is 53.4. The van der Waals surface area contributed by atoms with E-state index in [9.17, 15) is 19.2 Å². The Morgan fingerprint density at radius 2 is 1.31 bits per heavy atom. The maximum Gasteiger partial charge on any atom is 0.351 e. The number of carbonyl (C=O) groups is 3. The van der Waals surface area contributed by atoms with E-state index in [0.717, 1.165) is 25.7 Å². The molecule has 1 amide bonds. The molecule has 1 unspecified atom stereocenters. The molecule has 1 aliphatic heterocycles. The van der Waals surface area contributed by atoms with Gasteiger partial charge in [-0.2, -0.15) is 4.98 Å². The van der Waals surface area contributed by atoms with Crippen LogP contribution in [0.2, 0.25) is 39.3 Å². The lowest BCUT2D eigenvalue weighted by molar-refractivity contribution is -0.320. The zero-order valence-electron chi connectivity index (χ0n) is 43.1. The van der Waals surface area contributed by atoms with Crippen molar-refractivity contribution in [2.45, 2.75) is 208 Å².